The van der Waals surface area contributed by atoms with E-state index in [0.717, 1.165) is 21.9 Å². The Bertz CT molecular complexity index is 1640. The average Bonchev–Trinajstić information content (AvgIpc) is 3.33. The van der Waals surface area contributed by atoms with Gasteiger partial charge in [0.1, 0.15) is 11.5 Å². The first-order valence-corrected chi connectivity index (χ1v) is 19.3. The molecule has 4 rings (SSSR count). The van der Waals surface area contributed by atoms with E-state index in [9.17, 15) is 13.2 Å². The van der Waals surface area contributed by atoms with Crippen molar-refractivity contribution in [2.45, 2.75) is 89.4 Å². The molecule has 0 radical (unpaired) electrons. The summed E-state index contributed by atoms with van der Waals surface area (Å²) in [5.74, 6) is 0.0713. The minimum absolute atomic E-state index is 0.127. The number of aryl methyl sites for hydroxylation is 1. The molecule has 1 atom stereocenters. The highest BCUT2D eigenvalue weighted by Gasteiger charge is 2.52. The molecule has 0 saturated carbocycles. The van der Waals surface area contributed by atoms with Crippen LogP contribution in [0.3, 0.4) is 0 Å². The van der Waals surface area contributed by atoms with Gasteiger partial charge in [-0.25, -0.2) is 8.42 Å². The monoisotopic (exact) mass is 645 g/mol. The number of hydrogen-bond donors (Lipinski definition) is 0. The van der Waals surface area contributed by atoms with Crippen molar-refractivity contribution >= 4 is 24.1 Å². The molecule has 0 amide bonds. The molecule has 1 unspecified atom stereocenters. The van der Waals surface area contributed by atoms with Crippen LogP contribution in [0.2, 0.25) is 16.6 Å². The van der Waals surface area contributed by atoms with E-state index >= 15 is 0 Å². The molecule has 0 fully saturated rings. The fourth-order valence-corrected chi connectivity index (χ4v) is 16.0. The van der Waals surface area contributed by atoms with E-state index in [-0.39, 0.29) is 28.1 Å². The van der Waals surface area contributed by atoms with Gasteiger partial charge in [-0.15, -0.1) is 0 Å². The summed E-state index contributed by atoms with van der Waals surface area (Å²) in [7, 11) is -4.99. The summed E-state index contributed by atoms with van der Waals surface area (Å²) in [5, 5.41) is 1.02. The standard InChI is InChI=1S/C37H47NO5SSi/c1-25(2)45(26(3)4,27(5)6)35-23-34(43-29(8)39)36(31-17-19-32(42-9)20-18-31)37(35)38(24-30-13-11-10-12-14-30)44(40,41)33-21-15-28(7)16-22-33/h10-23,25-27,36H,24H2,1-9H3. The van der Waals surface area contributed by atoms with Gasteiger partial charge in [0, 0.05) is 12.6 Å². The lowest BCUT2D eigenvalue weighted by Crippen LogP contribution is -2.48. The van der Waals surface area contributed by atoms with E-state index in [1.807, 2.05) is 79.7 Å². The summed E-state index contributed by atoms with van der Waals surface area (Å²) >= 11 is 0. The normalized spacial score (nSPS) is 15.6. The fraction of sp³-hybridized carbons (Fsp3) is 0.378. The molecular weight excluding hydrogens is 599 g/mol. The van der Waals surface area contributed by atoms with Crippen molar-refractivity contribution in [2.24, 2.45) is 0 Å². The van der Waals surface area contributed by atoms with Gasteiger partial charge in [0.25, 0.3) is 10.0 Å². The Morgan fingerprint density at radius 1 is 0.844 bits per heavy atom. The smallest absolute Gasteiger partial charge is 0.307 e. The number of nitrogens with zero attached hydrogens (tertiary/aromatic N) is 1. The average molecular weight is 646 g/mol. The molecule has 0 heterocycles. The lowest BCUT2D eigenvalue weighted by molar-refractivity contribution is -0.137. The molecule has 0 N–H and O–H groups in total. The molecular formula is C37H47NO5SSi. The van der Waals surface area contributed by atoms with Gasteiger partial charge in [-0.2, -0.15) is 0 Å². The zero-order chi connectivity index (χ0) is 33.1. The molecule has 1 aliphatic carbocycles. The van der Waals surface area contributed by atoms with Crippen molar-refractivity contribution in [3.05, 3.63) is 118 Å². The van der Waals surface area contributed by atoms with Crippen molar-refractivity contribution in [1.82, 2.24) is 4.31 Å². The maximum atomic E-state index is 15.0. The summed E-state index contributed by atoms with van der Waals surface area (Å²) < 4.78 is 43.0. The van der Waals surface area contributed by atoms with Gasteiger partial charge in [0.05, 0.1) is 32.5 Å². The number of esters is 1. The van der Waals surface area contributed by atoms with Crippen LogP contribution in [0.4, 0.5) is 0 Å². The van der Waals surface area contributed by atoms with Crippen LogP contribution in [0, 0.1) is 6.92 Å². The van der Waals surface area contributed by atoms with Crippen molar-refractivity contribution in [2.75, 3.05) is 7.11 Å². The second-order valence-corrected chi connectivity index (χ2v) is 20.6. The van der Waals surface area contributed by atoms with Gasteiger partial charge in [-0.3, -0.25) is 9.10 Å². The summed E-state index contributed by atoms with van der Waals surface area (Å²) in [6.07, 6.45) is 2.01. The number of sulfonamides is 1. The maximum absolute atomic E-state index is 15.0. The molecule has 3 aromatic rings. The molecule has 0 spiro atoms. The Morgan fingerprint density at radius 3 is 1.89 bits per heavy atom. The third kappa shape index (κ3) is 6.68. The summed E-state index contributed by atoms with van der Waals surface area (Å²) in [6.45, 7) is 17.0. The predicted octanol–water partition coefficient (Wildman–Crippen LogP) is 8.91. The van der Waals surface area contributed by atoms with Crippen LogP contribution in [0.25, 0.3) is 0 Å². The highest BCUT2D eigenvalue weighted by atomic mass is 32.2. The molecule has 0 aliphatic heterocycles. The van der Waals surface area contributed by atoms with Crippen LogP contribution < -0.4 is 4.74 Å². The zero-order valence-electron chi connectivity index (χ0n) is 28.0. The third-order valence-electron chi connectivity index (χ3n) is 9.21. The first kappa shape index (κ1) is 34.3. The first-order chi connectivity index (χ1) is 21.2. The van der Waals surface area contributed by atoms with E-state index in [1.165, 1.54) is 6.92 Å². The molecule has 8 heteroatoms. The van der Waals surface area contributed by atoms with E-state index < -0.39 is 30.0 Å². The SMILES string of the molecule is COc1ccc(C2C(OC(C)=O)=CC([Si](C(C)C)(C(C)C)C(C)C)=C2N(Cc2ccccc2)S(=O)(=O)c2ccc(C)cc2)cc1. The second-order valence-electron chi connectivity index (χ2n) is 12.9. The van der Waals surface area contributed by atoms with Crippen molar-refractivity contribution in [3.63, 3.8) is 0 Å². The van der Waals surface area contributed by atoms with E-state index in [2.05, 4.69) is 41.5 Å². The Balaban J connectivity index is 2.16. The topological polar surface area (TPSA) is 72.9 Å². The van der Waals surface area contributed by atoms with Crippen molar-refractivity contribution in [3.8, 4) is 5.75 Å². The van der Waals surface area contributed by atoms with Crippen molar-refractivity contribution < 1.29 is 22.7 Å². The minimum Gasteiger partial charge on any atom is -0.497 e. The molecule has 240 valence electrons. The van der Waals surface area contributed by atoms with Gasteiger partial charge >= 0.3 is 5.97 Å². The molecule has 0 saturated heterocycles. The van der Waals surface area contributed by atoms with Gasteiger partial charge in [-0.1, -0.05) is 102 Å². The molecule has 3 aromatic carbocycles. The number of ether oxygens (including phenoxy) is 2. The lowest BCUT2D eigenvalue weighted by Gasteiger charge is -2.45. The number of rotatable bonds is 12. The van der Waals surface area contributed by atoms with Crippen molar-refractivity contribution in [1.29, 1.82) is 0 Å². The van der Waals surface area contributed by atoms with Gasteiger partial charge in [0.15, 0.2) is 0 Å². The quantitative estimate of drug-likeness (QED) is 0.145. The molecule has 45 heavy (non-hydrogen) atoms. The van der Waals surface area contributed by atoms with Gasteiger partial charge in [-0.05, 0) is 70.2 Å². The van der Waals surface area contributed by atoms with Crippen LogP contribution in [0.1, 0.15) is 71.1 Å². The number of hydrogen-bond acceptors (Lipinski definition) is 5. The van der Waals surface area contributed by atoms with E-state index in [1.54, 1.807) is 23.5 Å². The molecule has 1 aliphatic rings. The van der Waals surface area contributed by atoms with E-state index in [4.69, 9.17) is 9.47 Å². The largest absolute Gasteiger partial charge is 0.497 e. The Morgan fingerprint density at radius 2 is 1.40 bits per heavy atom. The van der Waals surface area contributed by atoms with Gasteiger partial charge in [0.2, 0.25) is 0 Å². The number of carbonyl (C=O) groups excluding carboxylic acids is 1. The van der Waals surface area contributed by atoms with E-state index in [0.29, 0.717) is 17.2 Å². The Labute approximate surface area is 270 Å². The molecule has 6 nitrogen and oxygen atoms in total. The highest BCUT2D eigenvalue weighted by Crippen LogP contribution is 2.55. The van der Waals surface area contributed by atoms with Crippen LogP contribution in [-0.4, -0.2) is 33.9 Å². The minimum atomic E-state index is -4.08. The predicted molar refractivity (Wildman–Crippen MR) is 184 cm³/mol. The number of benzene rings is 3. The highest BCUT2D eigenvalue weighted by molar-refractivity contribution is 7.89. The number of carbonyl (C=O) groups is 1. The lowest BCUT2D eigenvalue weighted by atomic mass is 9.96. The second kappa shape index (κ2) is 13.8. The Hall–Kier alpha value is -3.62. The molecule has 0 bridgehead atoms. The fourth-order valence-electron chi connectivity index (χ4n) is 7.41. The van der Waals surface area contributed by atoms with Crippen LogP contribution >= 0.6 is 0 Å². The first-order valence-electron chi connectivity index (χ1n) is 15.7. The summed E-state index contributed by atoms with van der Waals surface area (Å²) in [5.41, 5.74) is 4.14. The Kier molecular flexibility index (Phi) is 10.5. The van der Waals surface area contributed by atoms with Crippen LogP contribution in [0.15, 0.2) is 106 Å². The zero-order valence-corrected chi connectivity index (χ0v) is 29.8. The van der Waals surface area contributed by atoms with Crippen LogP contribution in [0.5, 0.6) is 5.75 Å². The number of allylic oxidation sites excluding steroid dienone is 2. The van der Waals surface area contributed by atoms with Gasteiger partial charge < -0.3 is 9.47 Å². The third-order valence-corrected chi connectivity index (χ3v) is 18.0. The number of methoxy groups -OCH3 is 1. The van der Waals surface area contributed by atoms with Crippen LogP contribution in [-0.2, 0) is 26.1 Å². The summed E-state index contributed by atoms with van der Waals surface area (Å²) in [4.78, 5) is 12.8. The summed E-state index contributed by atoms with van der Waals surface area (Å²) in [6, 6.07) is 24.3. The molecule has 0 aromatic heterocycles. The maximum Gasteiger partial charge on any atom is 0.307 e.